The predicted molar refractivity (Wildman–Crippen MR) is 85.9 cm³/mol. The summed E-state index contributed by atoms with van der Waals surface area (Å²) >= 11 is 2.04. The van der Waals surface area contributed by atoms with Crippen LogP contribution in [0.4, 0.5) is 0 Å². The van der Waals surface area contributed by atoms with Gasteiger partial charge in [-0.25, -0.2) is 0 Å². The van der Waals surface area contributed by atoms with Gasteiger partial charge in [0.1, 0.15) is 0 Å². The lowest BCUT2D eigenvalue weighted by atomic mass is 9.75. The Hall–Kier alpha value is -0.800. The van der Waals surface area contributed by atoms with Gasteiger partial charge in [0.25, 0.3) is 0 Å². The second-order valence-corrected chi connectivity index (χ2v) is 7.95. The molecule has 1 spiro atoms. The summed E-state index contributed by atoms with van der Waals surface area (Å²) in [6.07, 6.45) is 5.44. The molecule has 0 radical (unpaired) electrons. The molecule has 3 heteroatoms. The van der Waals surface area contributed by atoms with Crippen LogP contribution in [0, 0.1) is 11.8 Å². The summed E-state index contributed by atoms with van der Waals surface area (Å²) in [4.78, 5) is 12.7. The molecule has 112 valence electrons. The minimum Gasteiger partial charge on any atom is -0.375 e. The van der Waals surface area contributed by atoms with Crippen molar-refractivity contribution >= 4 is 17.5 Å². The second-order valence-electron chi connectivity index (χ2n) is 6.73. The minimum atomic E-state index is 0.0865. The highest BCUT2D eigenvalue weighted by Crippen LogP contribution is 2.44. The molecule has 2 saturated heterocycles. The molecular formula is C18H22O2S. The molecule has 0 N–H and O–H groups in total. The summed E-state index contributed by atoms with van der Waals surface area (Å²) in [5.41, 5.74) is 2.32. The van der Waals surface area contributed by atoms with Crippen LogP contribution in [-0.4, -0.2) is 29.5 Å². The zero-order chi connectivity index (χ0) is 14.3. The normalized spacial score (nSPS) is 31.3. The van der Waals surface area contributed by atoms with E-state index in [2.05, 4.69) is 12.1 Å². The molecule has 4 rings (SSSR count). The molecule has 0 amide bonds. The monoisotopic (exact) mass is 302 g/mol. The molecular weight excluding hydrogens is 280 g/mol. The first-order chi connectivity index (χ1) is 10.3. The first-order valence-electron chi connectivity index (χ1n) is 8.11. The molecule has 2 heterocycles. The topological polar surface area (TPSA) is 26.3 Å². The Kier molecular flexibility index (Phi) is 3.58. The van der Waals surface area contributed by atoms with Gasteiger partial charge in [-0.3, -0.25) is 4.79 Å². The molecule has 21 heavy (non-hydrogen) atoms. The van der Waals surface area contributed by atoms with E-state index < -0.39 is 0 Å². The zero-order valence-corrected chi connectivity index (χ0v) is 13.2. The van der Waals surface area contributed by atoms with Crippen molar-refractivity contribution in [1.29, 1.82) is 0 Å². The Labute approximate surface area is 130 Å². The highest BCUT2D eigenvalue weighted by atomic mass is 32.2. The van der Waals surface area contributed by atoms with Gasteiger partial charge in [-0.05, 0) is 55.1 Å². The fraction of sp³-hybridized carbons (Fsp3) is 0.611. The number of thioether (sulfide) groups is 1. The third-order valence-electron chi connectivity index (χ3n) is 5.56. The fourth-order valence-corrected chi connectivity index (χ4v) is 5.59. The van der Waals surface area contributed by atoms with Crippen molar-refractivity contribution in [3.05, 3.63) is 35.4 Å². The van der Waals surface area contributed by atoms with E-state index in [1.54, 1.807) is 0 Å². The number of Topliss-reactive ketones (excluding diaryl/α,β-unsaturated/α-hetero) is 1. The van der Waals surface area contributed by atoms with Crippen LogP contribution in [0.5, 0.6) is 0 Å². The van der Waals surface area contributed by atoms with Crippen LogP contribution in [0.3, 0.4) is 0 Å². The van der Waals surface area contributed by atoms with Gasteiger partial charge in [-0.1, -0.05) is 24.3 Å². The first-order valence-corrected chi connectivity index (χ1v) is 9.27. The number of rotatable bonds is 1. The number of hydrogen-bond donors (Lipinski definition) is 0. The average molecular weight is 302 g/mol. The van der Waals surface area contributed by atoms with Crippen LogP contribution in [0.1, 0.15) is 41.6 Å². The molecule has 1 aliphatic carbocycles. The third-order valence-corrected chi connectivity index (χ3v) is 6.55. The van der Waals surface area contributed by atoms with Crippen LogP contribution in [0.15, 0.2) is 24.3 Å². The fourth-order valence-electron chi connectivity index (χ4n) is 4.35. The Morgan fingerprint density at radius 1 is 1.19 bits per heavy atom. The average Bonchev–Trinajstić information content (AvgIpc) is 2.86. The Morgan fingerprint density at radius 3 is 2.81 bits per heavy atom. The van der Waals surface area contributed by atoms with Crippen molar-refractivity contribution in [2.75, 3.05) is 18.1 Å². The molecule has 2 nitrogen and oxygen atoms in total. The molecule has 2 atom stereocenters. The summed E-state index contributed by atoms with van der Waals surface area (Å²) in [6, 6.07) is 8.17. The van der Waals surface area contributed by atoms with Crippen LogP contribution < -0.4 is 0 Å². The van der Waals surface area contributed by atoms with Crippen molar-refractivity contribution in [3.8, 4) is 0 Å². The zero-order valence-electron chi connectivity index (χ0n) is 12.3. The number of benzene rings is 1. The Balaban J connectivity index is 1.53. The Bertz CT molecular complexity index is 542. The lowest BCUT2D eigenvalue weighted by Gasteiger charge is -2.44. The highest BCUT2D eigenvalue weighted by molar-refractivity contribution is 7.99. The van der Waals surface area contributed by atoms with Crippen molar-refractivity contribution in [2.24, 2.45) is 11.8 Å². The molecule has 1 aromatic carbocycles. The number of fused-ring (bicyclic) bond motifs is 1. The molecule has 1 aromatic rings. The van der Waals surface area contributed by atoms with E-state index >= 15 is 0 Å². The van der Waals surface area contributed by atoms with Gasteiger partial charge in [0.15, 0.2) is 5.78 Å². The van der Waals surface area contributed by atoms with Gasteiger partial charge in [-0.2, -0.15) is 11.8 Å². The number of hydrogen-bond acceptors (Lipinski definition) is 3. The van der Waals surface area contributed by atoms with Crippen molar-refractivity contribution in [3.63, 3.8) is 0 Å². The molecule has 3 aliphatic rings. The van der Waals surface area contributed by atoms with E-state index in [0.29, 0.717) is 11.7 Å². The first kappa shape index (κ1) is 13.8. The molecule has 2 fully saturated rings. The largest absolute Gasteiger partial charge is 0.375 e. The highest BCUT2D eigenvalue weighted by Gasteiger charge is 2.44. The standard InChI is InChI=1S/C18H22O2S/c19-17-15-4-2-1-3-13(15)11-16(17)14-5-8-20-18(12-14)6-9-21-10-7-18/h1-4,14,16H,5-12H2. The maximum Gasteiger partial charge on any atom is 0.166 e. The molecule has 2 unspecified atom stereocenters. The maximum atomic E-state index is 12.7. The van der Waals surface area contributed by atoms with Gasteiger partial charge < -0.3 is 4.74 Å². The summed E-state index contributed by atoms with van der Waals surface area (Å²) in [7, 11) is 0. The van der Waals surface area contributed by atoms with Gasteiger partial charge in [0.05, 0.1) is 5.60 Å². The van der Waals surface area contributed by atoms with Crippen molar-refractivity contribution < 1.29 is 9.53 Å². The molecule has 0 bridgehead atoms. The van der Waals surface area contributed by atoms with Crippen LogP contribution in [-0.2, 0) is 11.2 Å². The number of ketones is 1. The Morgan fingerprint density at radius 2 is 2.00 bits per heavy atom. The van der Waals surface area contributed by atoms with E-state index in [9.17, 15) is 4.79 Å². The minimum absolute atomic E-state index is 0.0865. The van der Waals surface area contributed by atoms with Gasteiger partial charge in [-0.15, -0.1) is 0 Å². The van der Waals surface area contributed by atoms with Crippen LogP contribution in [0.2, 0.25) is 0 Å². The lowest BCUT2D eigenvalue weighted by Crippen LogP contribution is -2.45. The smallest absolute Gasteiger partial charge is 0.166 e. The van der Waals surface area contributed by atoms with E-state index in [0.717, 1.165) is 31.4 Å². The van der Waals surface area contributed by atoms with Gasteiger partial charge in [0.2, 0.25) is 0 Å². The summed E-state index contributed by atoms with van der Waals surface area (Å²) in [5.74, 6) is 3.54. The maximum absolute atomic E-state index is 12.7. The van der Waals surface area contributed by atoms with Crippen LogP contribution in [0.25, 0.3) is 0 Å². The van der Waals surface area contributed by atoms with Gasteiger partial charge >= 0.3 is 0 Å². The van der Waals surface area contributed by atoms with Crippen molar-refractivity contribution in [1.82, 2.24) is 0 Å². The number of carbonyl (C=O) groups is 1. The number of ether oxygens (including phenoxy) is 1. The molecule has 0 saturated carbocycles. The molecule has 2 aliphatic heterocycles. The summed E-state index contributed by atoms with van der Waals surface area (Å²) in [6.45, 7) is 0.843. The van der Waals surface area contributed by atoms with Gasteiger partial charge in [0, 0.05) is 18.1 Å². The summed E-state index contributed by atoms with van der Waals surface area (Å²) in [5, 5.41) is 0. The second kappa shape index (κ2) is 5.44. The molecule has 0 aromatic heterocycles. The van der Waals surface area contributed by atoms with E-state index in [1.807, 2.05) is 23.9 Å². The van der Waals surface area contributed by atoms with Crippen LogP contribution >= 0.6 is 11.8 Å². The lowest BCUT2D eigenvalue weighted by molar-refractivity contribution is -0.107. The van der Waals surface area contributed by atoms with E-state index in [1.165, 1.54) is 29.9 Å². The number of carbonyl (C=O) groups excluding carboxylic acids is 1. The quantitative estimate of drug-likeness (QED) is 0.790. The van der Waals surface area contributed by atoms with Crippen molar-refractivity contribution in [2.45, 2.75) is 37.7 Å². The SMILES string of the molecule is O=C1c2ccccc2CC1C1CCOC2(CCSCC2)C1. The van der Waals surface area contributed by atoms with E-state index in [4.69, 9.17) is 4.74 Å². The van der Waals surface area contributed by atoms with E-state index in [-0.39, 0.29) is 11.5 Å². The predicted octanol–water partition coefficient (Wildman–Crippen LogP) is 3.73. The summed E-state index contributed by atoms with van der Waals surface area (Å²) < 4.78 is 6.18. The third kappa shape index (κ3) is 2.44.